The van der Waals surface area contributed by atoms with Gasteiger partial charge < -0.3 is 4.74 Å². The smallest absolute Gasteiger partial charge is 0.338 e. The predicted octanol–water partition coefficient (Wildman–Crippen LogP) is 6.38. The largest absolute Gasteiger partial charge is 0.466 e. The van der Waals surface area contributed by atoms with Gasteiger partial charge in [0.15, 0.2) is 4.80 Å². The zero-order valence-corrected chi connectivity index (χ0v) is 24.7. The number of carbonyl (C=O) groups is 1. The molecule has 1 aliphatic heterocycles. The molecule has 42 heavy (non-hydrogen) atoms. The van der Waals surface area contributed by atoms with Crippen LogP contribution in [0.2, 0.25) is 0 Å². The maximum Gasteiger partial charge on any atom is 0.338 e. The van der Waals surface area contributed by atoms with E-state index in [0.717, 1.165) is 32.4 Å². The number of allylic oxidation sites excluding steroid dienone is 1. The second-order valence-electron chi connectivity index (χ2n) is 9.82. The Morgan fingerprint density at radius 1 is 1.02 bits per heavy atom. The number of fused-ring (bicyclic) bond motifs is 2. The first-order chi connectivity index (χ1) is 20.5. The molecule has 1 atom stereocenters. The number of halogens is 1. The Hall–Kier alpha value is -4.27. The molecule has 210 valence electrons. The topological polar surface area (TPSA) is 60.7 Å². The number of esters is 1. The normalized spacial score (nSPS) is 15.0. The van der Waals surface area contributed by atoms with Gasteiger partial charge in [0.1, 0.15) is 5.82 Å². The molecule has 5 nitrogen and oxygen atoms in total. The lowest BCUT2D eigenvalue weighted by Gasteiger charge is -2.25. The van der Waals surface area contributed by atoms with Crippen LogP contribution >= 0.6 is 23.1 Å². The molecule has 1 aromatic heterocycles. The third-order valence-corrected chi connectivity index (χ3v) is 9.38. The summed E-state index contributed by atoms with van der Waals surface area (Å²) in [6.07, 6.45) is 2.43. The van der Waals surface area contributed by atoms with E-state index in [1.807, 2.05) is 79.7 Å². The third-order valence-electron chi connectivity index (χ3n) is 7.25. The van der Waals surface area contributed by atoms with Crippen LogP contribution in [0.3, 0.4) is 0 Å². The number of rotatable bonds is 7. The van der Waals surface area contributed by atoms with Gasteiger partial charge in [0.25, 0.3) is 5.56 Å². The lowest BCUT2D eigenvalue weighted by Crippen LogP contribution is -2.40. The van der Waals surface area contributed by atoms with Crippen LogP contribution in [0.15, 0.2) is 117 Å². The molecule has 4 aromatic carbocycles. The lowest BCUT2D eigenvalue weighted by atomic mass is 9.95. The molecule has 0 unspecified atom stereocenters. The fourth-order valence-corrected chi connectivity index (χ4v) is 7.30. The number of benzene rings is 4. The number of aromatic nitrogens is 1. The van der Waals surface area contributed by atoms with Gasteiger partial charge in [-0.2, -0.15) is 0 Å². The SMILES string of the molecule is CCC1=C(C(=O)OC)[C@@H](c2ccccc2)n2c(s/c(=C\c3ccc(SCc4cccc(F)c4)c4ccccc34)c2=O)=N1. The number of thioether (sulfide) groups is 1. The van der Waals surface area contributed by atoms with Crippen molar-refractivity contribution in [1.82, 2.24) is 4.57 Å². The van der Waals surface area contributed by atoms with Crippen molar-refractivity contribution in [3.8, 4) is 0 Å². The third kappa shape index (κ3) is 5.24. The van der Waals surface area contributed by atoms with Gasteiger partial charge in [-0.05, 0) is 58.2 Å². The number of hydrogen-bond acceptors (Lipinski definition) is 6. The van der Waals surface area contributed by atoms with E-state index < -0.39 is 12.0 Å². The van der Waals surface area contributed by atoms with Crippen molar-refractivity contribution in [1.29, 1.82) is 0 Å². The summed E-state index contributed by atoms with van der Waals surface area (Å²) in [5, 5.41) is 2.07. The van der Waals surface area contributed by atoms with Gasteiger partial charge in [0, 0.05) is 10.6 Å². The van der Waals surface area contributed by atoms with Gasteiger partial charge in [-0.3, -0.25) is 9.36 Å². The quantitative estimate of drug-likeness (QED) is 0.162. The van der Waals surface area contributed by atoms with Gasteiger partial charge in [-0.1, -0.05) is 91.1 Å². The van der Waals surface area contributed by atoms with Crippen LogP contribution in [-0.4, -0.2) is 17.6 Å². The van der Waals surface area contributed by atoms with Crippen LogP contribution < -0.4 is 14.9 Å². The van der Waals surface area contributed by atoms with Crippen LogP contribution in [-0.2, 0) is 15.3 Å². The first-order valence-electron chi connectivity index (χ1n) is 13.6. The Labute approximate surface area is 250 Å². The molecule has 0 bridgehead atoms. The molecule has 0 saturated heterocycles. The van der Waals surface area contributed by atoms with Crippen molar-refractivity contribution in [2.45, 2.75) is 30.0 Å². The Bertz CT molecular complexity index is 2030. The minimum absolute atomic E-state index is 0.210. The molecule has 0 spiro atoms. The Balaban J connectivity index is 1.47. The Morgan fingerprint density at radius 3 is 2.52 bits per heavy atom. The maximum atomic E-state index is 14.0. The number of methoxy groups -OCH3 is 1. The minimum atomic E-state index is -0.634. The van der Waals surface area contributed by atoms with Gasteiger partial charge >= 0.3 is 5.97 Å². The van der Waals surface area contributed by atoms with Crippen LogP contribution in [0, 0.1) is 5.82 Å². The van der Waals surface area contributed by atoms with E-state index in [1.54, 1.807) is 28.5 Å². The summed E-state index contributed by atoms with van der Waals surface area (Å²) in [5.41, 5.74) is 3.43. The summed E-state index contributed by atoms with van der Waals surface area (Å²) in [6.45, 7) is 1.94. The fourth-order valence-electron chi connectivity index (χ4n) is 5.29. The van der Waals surface area contributed by atoms with Gasteiger partial charge in [-0.25, -0.2) is 14.2 Å². The predicted molar refractivity (Wildman–Crippen MR) is 167 cm³/mol. The number of ether oxygens (including phenoxy) is 1. The van der Waals surface area contributed by atoms with Crippen molar-refractivity contribution in [3.05, 3.63) is 144 Å². The fraction of sp³-hybridized carbons (Fsp3) is 0.147. The van der Waals surface area contributed by atoms with Gasteiger partial charge in [0.2, 0.25) is 0 Å². The maximum absolute atomic E-state index is 14.0. The average Bonchev–Trinajstić information content (AvgIpc) is 3.33. The van der Waals surface area contributed by atoms with E-state index in [-0.39, 0.29) is 11.4 Å². The molecule has 5 aromatic rings. The summed E-state index contributed by atoms with van der Waals surface area (Å²) >= 11 is 2.97. The molecule has 0 aliphatic carbocycles. The molecule has 1 aliphatic rings. The second kappa shape index (κ2) is 11.9. The monoisotopic (exact) mass is 594 g/mol. The first-order valence-corrected chi connectivity index (χ1v) is 15.4. The number of carbonyl (C=O) groups excluding carboxylic acids is 1. The molecule has 0 fully saturated rings. The van der Waals surface area contributed by atoms with Crippen LogP contribution in [0.5, 0.6) is 0 Å². The Morgan fingerprint density at radius 2 is 1.79 bits per heavy atom. The standard InChI is InChI=1S/C34H27FN2O3S2/c1-3-27-30(33(39)40-2)31(22-11-5-4-6-12-22)37-32(38)29(42-34(37)36-27)19-23-16-17-28(26-15-8-7-14-25(23)26)41-20-21-10-9-13-24(35)18-21/h4-19,31H,3,20H2,1-2H3/b29-19-/t31-/m1/s1. The van der Waals surface area contributed by atoms with Crippen molar-refractivity contribution in [2.24, 2.45) is 4.99 Å². The van der Waals surface area contributed by atoms with E-state index in [2.05, 4.69) is 6.07 Å². The highest BCUT2D eigenvalue weighted by atomic mass is 32.2. The van der Waals surface area contributed by atoms with Crippen molar-refractivity contribution in [2.75, 3.05) is 7.11 Å². The number of thiazole rings is 1. The van der Waals surface area contributed by atoms with E-state index >= 15 is 0 Å². The van der Waals surface area contributed by atoms with E-state index in [1.165, 1.54) is 24.5 Å². The highest BCUT2D eigenvalue weighted by Crippen LogP contribution is 2.34. The second-order valence-corrected chi connectivity index (χ2v) is 11.8. The van der Waals surface area contributed by atoms with Gasteiger partial charge in [0.05, 0.1) is 29.0 Å². The first kappa shape index (κ1) is 27.9. The van der Waals surface area contributed by atoms with Crippen LogP contribution in [0.25, 0.3) is 16.8 Å². The van der Waals surface area contributed by atoms with E-state index in [4.69, 9.17) is 9.73 Å². The van der Waals surface area contributed by atoms with Crippen molar-refractivity contribution >= 4 is 45.9 Å². The van der Waals surface area contributed by atoms with Crippen LogP contribution in [0.1, 0.15) is 36.1 Å². The van der Waals surface area contributed by atoms with E-state index in [0.29, 0.717) is 32.8 Å². The zero-order chi connectivity index (χ0) is 29.2. The van der Waals surface area contributed by atoms with Crippen LogP contribution in [0.4, 0.5) is 4.39 Å². The molecule has 8 heteroatoms. The molecular formula is C34H27FN2O3S2. The van der Waals surface area contributed by atoms with Gasteiger partial charge in [-0.15, -0.1) is 11.8 Å². The molecule has 2 heterocycles. The molecule has 0 radical (unpaired) electrons. The number of hydrogen-bond donors (Lipinski definition) is 0. The Kier molecular flexibility index (Phi) is 7.91. The molecule has 0 saturated carbocycles. The molecule has 0 N–H and O–H groups in total. The highest BCUT2D eigenvalue weighted by molar-refractivity contribution is 7.98. The lowest BCUT2D eigenvalue weighted by molar-refractivity contribution is -0.136. The molecule has 0 amide bonds. The summed E-state index contributed by atoms with van der Waals surface area (Å²) in [7, 11) is 1.35. The molecular weight excluding hydrogens is 568 g/mol. The minimum Gasteiger partial charge on any atom is -0.466 e. The van der Waals surface area contributed by atoms with Crippen molar-refractivity contribution in [3.63, 3.8) is 0 Å². The summed E-state index contributed by atoms with van der Waals surface area (Å²) in [4.78, 5) is 33.4. The summed E-state index contributed by atoms with van der Waals surface area (Å²) in [6, 6.07) is 27.7. The zero-order valence-electron chi connectivity index (χ0n) is 23.0. The summed E-state index contributed by atoms with van der Waals surface area (Å²) in [5.74, 6) is -0.0910. The summed E-state index contributed by atoms with van der Waals surface area (Å²) < 4.78 is 21.0. The van der Waals surface area contributed by atoms with E-state index in [9.17, 15) is 14.0 Å². The molecule has 6 rings (SSSR count). The van der Waals surface area contributed by atoms with Crippen molar-refractivity contribution < 1.29 is 13.9 Å². The average molecular weight is 595 g/mol. The number of nitrogens with zero attached hydrogens (tertiary/aromatic N) is 2. The highest BCUT2D eigenvalue weighted by Gasteiger charge is 2.33.